The molecule has 0 aliphatic rings. The van der Waals surface area contributed by atoms with E-state index in [-0.39, 0.29) is 12.4 Å². The van der Waals surface area contributed by atoms with Crippen molar-refractivity contribution >= 4 is 10.8 Å². The minimum Gasteiger partial charge on any atom is -0.371 e. The number of nitrogens with two attached hydrogens (primary N) is 1. The lowest BCUT2D eigenvalue weighted by molar-refractivity contribution is -0.172. The molecule has 0 aromatic carbocycles. The van der Waals surface area contributed by atoms with Crippen molar-refractivity contribution in [2.75, 3.05) is 31.3 Å². The van der Waals surface area contributed by atoms with E-state index in [4.69, 9.17) is 5.73 Å². The van der Waals surface area contributed by atoms with Crippen LogP contribution in [0.1, 0.15) is 6.42 Å². The van der Waals surface area contributed by atoms with E-state index < -0.39 is 23.6 Å². The Morgan fingerprint density at radius 3 is 2.43 bits per heavy atom. The normalized spacial score (nSPS) is 14.3. The Labute approximate surface area is 83.3 Å². The van der Waals surface area contributed by atoms with Crippen molar-refractivity contribution in [1.82, 2.24) is 0 Å². The van der Waals surface area contributed by atoms with Gasteiger partial charge in [0.05, 0.1) is 6.61 Å². The van der Waals surface area contributed by atoms with Crippen molar-refractivity contribution in [2.45, 2.75) is 12.6 Å². The third-order valence-electron chi connectivity index (χ3n) is 1.30. The van der Waals surface area contributed by atoms with Gasteiger partial charge in [-0.1, -0.05) is 0 Å². The maximum Gasteiger partial charge on any atom is 0.411 e. The van der Waals surface area contributed by atoms with E-state index in [1.165, 1.54) is 0 Å². The first-order valence-corrected chi connectivity index (χ1v) is 5.64. The zero-order chi connectivity index (χ0) is 11.0. The molecule has 0 aromatic heterocycles. The average Bonchev–Trinajstić information content (AvgIpc) is 2.07. The van der Waals surface area contributed by atoms with E-state index in [9.17, 15) is 17.4 Å². The van der Waals surface area contributed by atoms with Crippen LogP contribution in [-0.4, -0.2) is 41.6 Å². The fourth-order valence-corrected chi connectivity index (χ4v) is 1.68. The summed E-state index contributed by atoms with van der Waals surface area (Å²) in [7, 11) is -1.12. The smallest absolute Gasteiger partial charge is 0.371 e. The van der Waals surface area contributed by atoms with Gasteiger partial charge in [-0.25, -0.2) is 0 Å². The van der Waals surface area contributed by atoms with E-state index in [2.05, 4.69) is 4.74 Å². The number of hydrogen-bond donors (Lipinski definition) is 1. The molecule has 2 N–H and O–H groups in total. The van der Waals surface area contributed by atoms with Gasteiger partial charge in [-0.05, 0) is 13.0 Å². The first-order valence-electron chi connectivity index (χ1n) is 4.15. The average molecular weight is 233 g/mol. The van der Waals surface area contributed by atoms with Gasteiger partial charge in [-0.3, -0.25) is 4.21 Å². The summed E-state index contributed by atoms with van der Waals surface area (Å²) in [6.45, 7) is -0.965. The lowest BCUT2D eigenvalue weighted by Gasteiger charge is -2.07. The molecule has 0 fully saturated rings. The van der Waals surface area contributed by atoms with Crippen LogP contribution in [0.15, 0.2) is 0 Å². The summed E-state index contributed by atoms with van der Waals surface area (Å²) >= 11 is 0. The molecule has 86 valence electrons. The minimum atomic E-state index is -4.31. The molecule has 3 nitrogen and oxygen atoms in total. The van der Waals surface area contributed by atoms with Gasteiger partial charge in [0.15, 0.2) is 0 Å². The molecule has 0 aliphatic carbocycles. The van der Waals surface area contributed by atoms with E-state index in [0.717, 1.165) is 0 Å². The van der Waals surface area contributed by atoms with Crippen molar-refractivity contribution in [1.29, 1.82) is 0 Å². The summed E-state index contributed by atoms with van der Waals surface area (Å²) in [5.41, 5.74) is 5.17. The Morgan fingerprint density at radius 2 is 1.93 bits per heavy atom. The predicted molar refractivity (Wildman–Crippen MR) is 48.4 cm³/mol. The molecule has 1 unspecified atom stereocenters. The third-order valence-corrected chi connectivity index (χ3v) is 2.66. The molecule has 0 radical (unpaired) electrons. The number of hydrogen-bond acceptors (Lipinski definition) is 3. The molecule has 7 heteroatoms. The van der Waals surface area contributed by atoms with Crippen LogP contribution < -0.4 is 5.73 Å². The molecule has 0 spiro atoms. The maximum absolute atomic E-state index is 11.6. The summed E-state index contributed by atoms with van der Waals surface area (Å²) in [5.74, 6) is 0.557. The SMILES string of the molecule is NCCCS(=O)CCOCC(F)(F)F. The molecule has 0 heterocycles. The van der Waals surface area contributed by atoms with Crippen molar-refractivity contribution in [3.8, 4) is 0 Å². The minimum absolute atomic E-state index is 0.128. The molecule has 0 saturated carbocycles. The van der Waals surface area contributed by atoms with Crippen LogP contribution in [-0.2, 0) is 15.5 Å². The van der Waals surface area contributed by atoms with Crippen LogP contribution in [0.3, 0.4) is 0 Å². The van der Waals surface area contributed by atoms with Gasteiger partial charge < -0.3 is 10.5 Å². The van der Waals surface area contributed by atoms with E-state index in [0.29, 0.717) is 18.7 Å². The second-order valence-corrected chi connectivity index (χ2v) is 4.35. The highest BCUT2D eigenvalue weighted by Crippen LogP contribution is 2.14. The fourth-order valence-electron chi connectivity index (χ4n) is 0.686. The fraction of sp³-hybridized carbons (Fsp3) is 1.00. The number of ether oxygens (including phenoxy) is 1. The van der Waals surface area contributed by atoms with E-state index >= 15 is 0 Å². The Balaban J connectivity index is 3.32. The third kappa shape index (κ3) is 9.94. The lowest BCUT2D eigenvalue weighted by Crippen LogP contribution is -2.20. The molecule has 0 aliphatic heterocycles. The molecule has 1 atom stereocenters. The second kappa shape index (κ2) is 7.19. The Morgan fingerprint density at radius 1 is 1.29 bits per heavy atom. The van der Waals surface area contributed by atoms with Crippen LogP contribution in [0, 0.1) is 0 Å². The highest BCUT2D eigenvalue weighted by Gasteiger charge is 2.27. The molecule has 0 rings (SSSR count). The summed E-state index contributed by atoms with van der Waals surface area (Å²) in [4.78, 5) is 0. The van der Waals surface area contributed by atoms with Crippen molar-refractivity contribution < 1.29 is 22.1 Å². The molecule has 0 aromatic rings. The molecule has 0 amide bonds. The largest absolute Gasteiger partial charge is 0.411 e. The zero-order valence-electron chi connectivity index (χ0n) is 7.68. The zero-order valence-corrected chi connectivity index (χ0v) is 8.50. The Hall–Kier alpha value is -0.140. The van der Waals surface area contributed by atoms with Crippen LogP contribution >= 0.6 is 0 Å². The quantitative estimate of drug-likeness (QED) is 0.657. The number of rotatable bonds is 7. The highest BCUT2D eigenvalue weighted by molar-refractivity contribution is 7.84. The lowest BCUT2D eigenvalue weighted by atomic mass is 10.5. The van der Waals surface area contributed by atoms with Crippen LogP contribution in [0.4, 0.5) is 13.2 Å². The summed E-state index contributed by atoms with van der Waals surface area (Å²) < 4.78 is 50.0. The van der Waals surface area contributed by atoms with Crippen LogP contribution in [0.25, 0.3) is 0 Å². The summed E-state index contributed by atoms with van der Waals surface area (Å²) in [5, 5.41) is 0. The molecular weight excluding hydrogens is 219 g/mol. The van der Waals surface area contributed by atoms with Crippen LogP contribution in [0.2, 0.25) is 0 Å². The summed E-state index contributed by atoms with van der Waals surface area (Å²) in [6, 6.07) is 0. The van der Waals surface area contributed by atoms with Gasteiger partial charge >= 0.3 is 6.18 Å². The van der Waals surface area contributed by atoms with Crippen LogP contribution in [0.5, 0.6) is 0 Å². The molecule has 0 bridgehead atoms. The van der Waals surface area contributed by atoms with Gasteiger partial charge in [0.1, 0.15) is 6.61 Å². The monoisotopic (exact) mass is 233 g/mol. The van der Waals surface area contributed by atoms with Gasteiger partial charge in [0, 0.05) is 22.3 Å². The maximum atomic E-state index is 11.6. The van der Waals surface area contributed by atoms with Crippen molar-refractivity contribution in [3.63, 3.8) is 0 Å². The Kier molecular flexibility index (Phi) is 7.12. The van der Waals surface area contributed by atoms with Gasteiger partial charge in [0.25, 0.3) is 0 Å². The number of halogens is 3. The van der Waals surface area contributed by atoms with Gasteiger partial charge in [0.2, 0.25) is 0 Å². The van der Waals surface area contributed by atoms with Crippen molar-refractivity contribution in [3.05, 3.63) is 0 Å². The summed E-state index contributed by atoms with van der Waals surface area (Å²) in [6.07, 6.45) is -3.69. The predicted octanol–water partition coefficient (Wildman–Crippen LogP) is 0.663. The highest BCUT2D eigenvalue weighted by atomic mass is 32.2. The first kappa shape index (κ1) is 13.9. The van der Waals surface area contributed by atoms with E-state index in [1.807, 2.05) is 0 Å². The second-order valence-electron chi connectivity index (χ2n) is 2.66. The number of alkyl halides is 3. The molecule has 14 heavy (non-hydrogen) atoms. The molecule has 0 saturated heterocycles. The topological polar surface area (TPSA) is 52.3 Å². The van der Waals surface area contributed by atoms with Gasteiger partial charge in [-0.15, -0.1) is 0 Å². The standard InChI is InChI=1S/C7H14F3NO2S/c8-7(9,10)6-13-3-5-14(12)4-1-2-11/h1-6,11H2. The van der Waals surface area contributed by atoms with Gasteiger partial charge in [-0.2, -0.15) is 13.2 Å². The molecular formula is C7H14F3NO2S. The van der Waals surface area contributed by atoms with E-state index in [1.54, 1.807) is 0 Å². The van der Waals surface area contributed by atoms with Crippen molar-refractivity contribution in [2.24, 2.45) is 5.73 Å². The first-order chi connectivity index (χ1) is 6.45. The Bertz CT molecular complexity index is 175.